The van der Waals surface area contributed by atoms with E-state index in [2.05, 4.69) is 0 Å². The highest BCUT2D eigenvalue weighted by Gasteiger charge is 2.34. The normalized spacial score (nSPS) is 17.9. The molecule has 1 heterocycles. The molecule has 1 aliphatic rings. The maximum Gasteiger partial charge on any atom is 0.326 e. The number of nitrogens with zero attached hydrogens (tertiary/aromatic N) is 1. The summed E-state index contributed by atoms with van der Waals surface area (Å²) in [5, 5.41) is 9.51. The zero-order chi connectivity index (χ0) is 17.3. The molecule has 0 aromatic heterocycles. The minimum absolute atomic E-state index is 0.271. The summed E-state index contributed by atoms with van der Waals surface area (Å²) in [5.41, 5.74) is 2.33. The highest BCUT2D eigenvalue weighted by Crippen LogP contribution is 2.25. The Bertz CT molecular complexity index is 816. The Kier molecular flexibility index (Phi) is 4.49. The van der Waals surface area contributed by atoms with Crippen molar-refractivity contribution >= 4 is 22.7 Å². The van der Waals surface area contributed by atoms with Crippen molar-refractivity contribution in [3.63, 3.8) is 0 Å². The van der Waals surface area contributed by atoms with Crippen molar-refractivity contribution in [1.82, 2.24) is 4.90 Å². The van der Waals surface area contributed by atoms with E-state index in [1.165, 1.54) is 4.90 Å². The van der Waals surface area contributed by atoms with Gasteiger partial charge in [0.2, 0.25) is 0 Å². The number of hydrogen-bond donors (Lipinski definition) is 1. The van der Waals surface area contributed by atoms with Crippen LogP contribution >= 0.6 is 0 Å². The lowest BCUT2D eigenvalue weighted by Gasteiger charge is -2.34. The van der Waals surface area contributed by atoms with Crippen LogP contribution in [-0.4, -0.2) is 38.4 Å². The third kappa shape index (κ3) is 3.10. The molecule has 1 aliphatic heterocycles. The molecule has 2 atom stereocenters. The predicted molar refractivity (Wildman–Crippen MR) is 90.2 cm³/mol. The number of carbonyl (C=O) groups excluding carboxylic acids is 1. The largest absolute Gasteiger partial charge is 0.480 e. The summed E-state index contributed by atoms with van der Waals surface area (Å²) >= 11 is 0. The Hall–Kier alpha value is -2.47. The number of fused-ring (bicyclic) bond motifs is 1. The van der Waals surface area contributed by atoms with E-state index in [1.807, 2.05) is 24.3 Å². The molecule has 24 heavy (non-hydrogen) atoms. The van der Waals surface area contributed by atoms with E-state index < -0.39 is 22.8 Å². The molecule has 2 aromatic rings. The van der Waals surface area contributed by atoms with Crippen LogP contribution in [0.15, 0.2) is 53.4 Å². The summed E-state index contributed by atoms with van der Waals surface area (Å²) in [7, 11) is -1.12. The molecule has 0 saturated heterocycles. The Labute approximate surface area is 142 Å². The summed E-state index contributed by atoms with van der Waals surface area (Å²) in [4.78, 5) is 26.4. The Morgan fingerprint density at radius 3 is 2.29 bits per heavy atom. The van der Waals surface area contributed by atoms with Gasteiger partial charge in [0.05, 0.1) is 0 Å². The zero-order valence-electron chi connectivity index (χ0n) is 13.1. The van der Waals surface area contributed by atoms with Gasteiger partial charge < -0.3 is 10.0 Å². The van der Waals surface area contributed by atoms with E-state index in [0.717, 1.165) is 11.1 Å². The number of carboxylic acid groups (broad SMARTS) is 1. The molecular weight excluding hydrogens is 326 g/mol. The van der Waals surface area contributed by atoms with Crippen LogP contribution in [0, 0.1) is 0 Å². The average molecular weight is 343 g/mol. The SMILES string of the molecule is C[S@@](=O)c1ccc(C(=O)N2Cc3ccccc3C[C@@H]2C(=O)O)cc1. The minimum Gasteiger partial charge on any atom is -0.480 e. The lowest BCUT2D eigenvalue weighted by atomic mass is 9.93. The molecule has 1 amide bonds. The molecule has 3 rings (SSSR count). The van der Waals surface area contributed by atoms with Crippen molar-refractivity contribution in [2.45, 2.75) is 23.9 Å². The van der Waals surface area contributed by atoms with Gasteiger partial charge in [0.1, 0.15) is 6.04 Å². The molecule has 0 unspecified atom stereocenters. The van der Waals surface area contributed by atoms with Crippen molar-refractivity contribution in [2.75, 3.05) is 6.26 Å². The highest BCUT2D eigenvalue weighted by molar-refractivity contribution is 7.84. The maximum atomic E-state index is 12.8. The second kappa shape index (κ2) is 6.57. The van der Waals surface area contributed by atoms with Crippen molar-refractivity contribution < 1.29 is 18.9 Å². The van der Waals surface area contributed by atoms with E-state index >= 15 is 0 Å². The monoisotopic (exact) mass is 343 g/mol. The predicted octanol–water partition coefficient (Wildman–Crippen LogP) is 2.08. The molecule has 124 valence electrons. The average Bonchev–Trinajstić information content (AvgIpc) is 2.60. The van der Waals surface area contributed by atoms with Gasteiger partial charge >= 0.3 is 5.97 Å². The second-order valence-corrected chi connectivity index (χ2v) is 7.12. The number of rotatable bonds is 3. The number of hydrogen-bond acceptors (Lipinski definition) is 3. The Balaban J connectivity index is 1.92. The molecule has 6 heteroatoms. The molecule has 0 aliphatic carbocycles. The molecule has 0 fully saturated rings. The first kappa shape index (κ1) is 16.4. The molecule has 0 bridgehead atoms. The number of carbonyl (C=O) groups is 2. The third-order valence-electron chi connectivity index (χ3n) is 4.23. The number of carboxylic acids is 1. The van der Waals surface area contributed by atoms with Gasteiger partial charge in [-0.3, -0.25) is 9.00 Å². The summed E-state index contributed by atoms with van der Waals surface area (Å²) in [5.74, 6) is -1.34. The molecule has 0 radical (unpaired) electrons. The standard InChI is InChI=1S/C18H17NO4S/c1-24(23)15-8-6-12(7-9-15)17(20)19-11-14-5-3-2-4-13(14)10-16(19)18(21)22/h2-9,16H,10-11H2,1H3,(H,21,22)/t16-,24-/m1/s1. The first-order valence-corrected chi connectivity index (χ1v) is 9.07. The van der Waals surface area contributed by atoms with Gasteiger partial charge in [0.25, 0.3) is 5.91 Å². The van der Waals surface area contributed by atoms with Gasteiger partial charge in [0, 0.05) is 40.5 Å². The van der Waals surface area contributed by atoms with Crippen LogP contribution in [0.25, 0.3) is 0 Å². The Morgan fingerprint density at radius 2 is 1.71 bits per heavy atom. The summed E-state index contributed by atoms with van der Waals surface area (Å²) in [6.07, 6.45) is 1.87. The van der Waals surface area contributed by atoms with Crippen LogP contribution in [0.1, 0.15) is 21.5 Å². The Morgan fingerprint density at radius 1 is 1.08 bits per heavy atom. The van der Waals surface area contributed by atoms with Crippen LogP contribution in [0.4, 0.5) is 0 Å². The number of benzene rings is 2. The molecule has 0 spiro atoms. The molecule has 0 saturated carbocycles. The number of amides is 1. The lowest BCUT2D eigenvalue weighted by Crippen LogP contribution is -2.48. The van der Waals surface area contributed by atoms with E-state index in [9.17, 15) is 18.9 Å². The van der Waals surface area contributed by atoms with E-state index in [1.54, 1.807) is 30.5 Å². The van der Waals surface area contributed by atoms with Gasteiger partial charge in [0.15, 0.2) is 0 Å². The van der Waals surface area contributed by atoms with Crippen molar-refractivity contribution in [1.29, 1.82) is 0 Å². The topological polar surface area (TPSA) is 74.7 Å². The second-order valence-electron chi connectivity index (χ2n) is 5.74. The molecular formula is C18H17NO4S. The molecule has 2 aromatic carbocycles. The fourth-order valence-corrected chi connectivity index (χ4v) is 3.43. The summed E-state index contributed by atoms with van der Waals surface area (Å²) in [6.45, 7) is 0.271. The van der Waals surface area contributed by atoms with Crippen molar-refractivity contribution in [3.8, 4) is 0 Å². The minimum atomic E-state index is -1.12. The van der Waals surface area contributed by atoms with Crippen LogP contribution in [0.2, 0.25) is 0 Å². The van der Waals surface area contributed by atoms with Crippen molar-refractivity contribution in [2.24, 2.45) is 0 Å². The third-order valence-corrected chi connectivity index (χ3v) is 5.16. The highest BCUT2D eigenvalue weighted by atomic mass is 32.2. The molecule has 1 N–H and O–H groups in total. The maximum absolute atomic E-state index is 12.8. The summed E-state index contributed by atoms with van der Waals surface area (Å²) in [6, 6.07) is 13.2. The van der Waals surface area contributed by atoms with Crippen LogP contribution in [0.3, 0.4) is 0 Å². The van der Waals surface area contributed by atoms with Crippen LogP contribution in [0.5, 0.6) is 0 Å². The van der Waals surface area contributed by atoms with E-state index in [-0.39, 0.29) is 12.5 Å². The first-order chi connectivity index (χ1) is 11.5. The first-order valence-electron chi connectivity index (χ1n) is 7.51. The van der Waals surface area contributed by atoms with Gasteiger partial charge in [-0.25, -0.2) is 4.79 Å². The van der Waals surface area contributed by atoms with Crippen LogP contribution in [-0.2, 0) is 28.6 Å². The lowest BCUT2D eigenvalue weighted by molar-refractivity contribution is -0.142. The smallest absolute Gasteiger partial charge is 0.326 e. The fraction of sp³-hybridized carbons (Fsp3) is 0.222. The van der Waals surface area contributed by atoms with Crippen molar-refractivity contribution in [3.05, 3.63) is 65.2 Å². The fourth-order valence-electron chi connectivity index (χ4n) is 2.91. The molecule has 5 nitrogen and oxygen atoms in total. The quantitative estimate of drug-likeness (QED) is 0.926. The van der Waals surface area contributed by atoms with Gasteiger partial charge in [-0.05, 0) is 35.4 Å². The van der Waals surface area contributed by atoms with E-state index in [0.29, 0.717) is 16.9 Å². The summed E-state index contributed by atoms with van der Waals surface area (Å²) < 4.78 is 11.4. The van der Waals surface area contributed by atoms with Gasteiger partial charge in [-0.2, -0.15) is 0 Å². The van der Waals surface area contributed by atoms with Gasteiger partial charge in [-0.1, -0.05) is 24.3 Å². The zero-order valence-corrected chi connectivity index (χ0v) is 14.0. The van der Waals surface area contributed by atoms with Crippen LogP contribution < -0.4 is 0 Å². The van der Waals surface area contributed by atoms with E-state index in [4.69, 9.17) is 0 Å². The number of aliphatic carboxylic acids is 1. The van der Waals surface area contributed by atoms with Gasteiger partial charge in [-0.15, -0.1) is 0 Å².